The number of hydrogen-bond acceptors (Lipinski definition) is 9. The molecule has 3 aromatic carbocycles. The van der Waals surface area contributed by atoms with E-state index in [-0.39, 0.29) is 34.4 Å². The monoisotopic (exact) mass is 612 g/mol. The first-order valence-electron chi connectivity index (χ1n) is 13.1. The average molecular weight is 613 g/mol. The summed E-state index contributed by atoms with van der Waals surface area (Å²) >= 11 is 1.56. The lowest BCUT2D eigenvalue weighted by atomic mass is 9.95. The zero-order valence-electron chi connectivity index (χ0n) is 23.3. The molecule has 1 atom stereocenters. The minimum Gasteiger partial charge on any atom is -0.379 e. The van der Waals surface area contributed by atoms with E-state index < -0.39 is 37.5 Å². The lowest BCUT2D eigenvalue weighted by molar-refractivity contribution is -0.384. The quantitative estimate of drug-likeness (QED) is 0.0772. The second kappa shape index (κ2) is 14.6. The molecule has 3 aromatic rings. The van der Waals surface area contributed by atoms with E-state index in [1.807, 2.05) is 48.9 Å². The number of nitrogens with zero attached hydrogens (tertiary/aromatic N) is 1. The van der Waals surface area contributed by atoms with E-state index in [9.17, 15) is 32.9 Å². The summed E-state index contributed by atoms with van der Waals surface area (Å²) in [5, 5.41) is 17.3. The van der Waals surface area contributed by atoms with Crippen molar-refractivity contribution < 1.29 is 27.7 Å². The van der Waals surface area contributed by atoms with E-state index in [0.29, 0.717) is 18.7 Å². The number of Topliss-reactive ketones (excluding diaryl/α,β-unsaturated/α-hetero) is 1. The Bertz CT molecular complexity index is 1540. The van der Waals surface area contributed by atoms with Gasteiger partial charge in [0, 0.05) is 41.3 Å². The number of sulfonamides is 1. The average Bonchev–Trinajstić information content (AvgIpc) is 2.94. The molecule has 3 rings (SSSR count). The SMILES string of the molecule is CC(=O)N[C@@H](CC(C)C)C(=O)c1ccc(C(=O)NS(=O)(=O)c2ccc(NCCSc3ccccc3)c([N+](=O)[O-])c2)cc1. The molecule has 3 N–H and O–H groups in total. The largest absolute Gasteiger partial charge is 0.379 e. The summed E-state index contributed by atoms with van der Waals surface area (Å²) in [6, 6.07) is 17.6. The van der Waals surface area contributed by atoms with Crippen molar-refractivity contribution in [3.63, 3.8) is 0 Å². The highest BCUT2D eigenvalue weighted by molar-refractivity contribution is 7.99. The van der Waals surface area contributed by atoms with Crippen molar-refractivity contribution in [3.8, 4) is 0 Å². The van der Waals surface area contributed by atoms with Gasteiger partial charge in [-0.25, -0.2) is 13.1 Å². The predicted octanol–water partition coefficient (Wildman–Crippen LogP) is 4.65. The number of rotatable bonds is 14. The van der Waals surface area contributed by atoms with E-state index in [0.717, 1.165) is 11.0 Å². The van der Waals surface area contributed by atoms with Crippen LogP contribution >= 0.6 is 11.8 Å². The van der Waals surface area contributed by atoms with Crippen LogP contribution in [0.3, 0.4) is 0 Å². The van der Waals surface area contributed by atoms with Crippen LogP contribution in [0.25, 0.3) is 0 Å². The number of carbonyl (C=O) groups is 3. The van der Waals surface area contributed by atoms with Gasteiger partial charge >= 0.3 is 0 Å². The van der Waals surface area contributed by atoms with Crippen molar-refractivity contribution in [1.82, 2.24) is 10.0 Å². The highest BCUT2D eigenvalue weighted by Gasteiger charge is 2.25. The molecule has 0 heterocycles. The first kappa shape index (κ1) is 32.3. The van der Waals surface area contributed by atoms with Crippen molar-refractivity contribution in [1.29, 1.82) is 0 Å². The Morgan fingerprint density at radius 2 is 1.60 bits per heavy atom. The van der Waals surface area contributed by atoms with E-state index >= 15 is 0 Å². The fourth-order valence-corrected chi connectivity index (χ4v) is 5.81. The molecule has 0 aliphatic carbocycles. The first-order chi connectivity index (χ1) is 19.9. The smallest absolute Gasteiger partial charge is 0.293 e. The van der Waals surface area contributed by atoms with Gasteiger partial charge < -0.3 is 10.6 Å². The fourth-order valence-electron chi connectivity index (χ4n) is 4.03. The Morgan fingerprint density at radius 1 is 0.952 bits per heavy atom. The molecular weight excluding hydrogens is 580 g/mol. The number of carbonyl (C=O) groups excluding carboxylic acids is 3. The summed E-state index contributed by atoms with van der Waals surface area (Å²) in [6.07, 6.45) is 0.423. The van der Waals surface area contributed by atoms with Crippen molar-refractivity contribution in [2.75, 3.05) is 17.6 Å². The molecule has 0 fully saturated rings. The molecule has 0 unspecified atom stereocenters. The van der Waals surface area contributed by atoms with Gasteiger partial charge in [-0.3, -0.25) is 24.5 Å². The summed E-state index contributed by atoms with van der Waals surface area (Å²) < 4.78 is 27.7. The van der Waals surface area contributed by atoms with Gasteiger partial charge in [0.25, 0.3) is 21.6 Å². The zero-order valence-corrected chi connectivity index (χ0v) is 25.0. The first-order valence-corrected chi connectivity index (χ1v) is 15.5. The van der Waals surface area contributed by atoms with E-state index in [2.05, 4.69) is 10.6 Å². The Labute approximate surface area is 248 Å². The molecule has 0 aliphatic rings. The van der Waals surface area contributed by atoms with Gasteiger partial charge in [0.1, 0.15) is 5.69 Å². The summed E-state index contributed by atoms with van der Waals surface area (Å²) in [7, 11) is -4.46. The van der Waals surface area contributed by atoms with Crippen LogP contribution in [-0.2, 0) is 14.8 Å². The molecule has 0 aliphatic heterocycles. The molecule has 2 amide bonds. The van der Waals surface area contributed by atoms with Crippen molar-refractivity contribution in [3.05, 3.63) is 94.0 Å². The van der Waals surface area contributed by atoms with Gasteiger partial charge in [0.05, 0.1) is 15.9 Å². The second-order valence-corrected chi connectivity index (χ2v) is 12.6. The fraction of sp³-hybridized carbons (Fsp3) is 0.276. The van der Waals surface area contributed by atoms with Crippen LogP contribution < -0.4 is 15.4 Å². The molecule has 0 bridgehead atoms. The molecular formula is C29H32N4O7S2. The number of ketones is 1. The second-order valence-electron chi connectivity index (χ2n) is 9.78. The summed E-state index contributed by atoms with van der Waals surface area (Å²) in [4.78, 5) is 48.7. The maximum absolute atomic E-state index is 12.9. The maximum atomic E-state index is 12.9. The zero-order chi connectivity index (χ0) is 30.9. The number of benzene rings is 3. The van der Waals surface area contributed by atoms with Crippen molar-refractivity contribution in [2.24, 2.45) is 5.92 Å². The summed E-state index contributed by atoms with van der Waals surface area (Å²) in [6.45, 7) is 5.55. The van der Waals surface area contributed by atoms with Crippen LogP contribution in [0.4, 0.5) is 11.4 Å². The molecule has 0 saturated heterocycles. The summed E-state index contributed by atoms with van der Waals surface area (Å²) in [5.41, 5.74) is -0.101. The lowest BCUT2D eigenvalue weighted by Crippen LogP contribution is -2.40. The van der Waals surface area contributed by atoms with Crippen molar-refractivity contribution >= 4 is 50.8 Å². The van der Waals surface area contributed by atoms with E-state index in [1.165, 1.54) is 43.3 Å². The molecule has 0 spiro atoms. The van der Waals surface area contributed by atoms with Crippen LogP contribution in [0.15, 0.2) is 82.6 Å². The molecule has 11 nitrogen and oxygen atoms in total. The Morgan fingerprint density at radius 3 is 2.19 bits per heavy atom. The number of thioether (sulfide) groups is 1. The number of anilines is 1. The third kappa shape index (κ3) is 9.14. The molecule has 222 valence electrons. The molecule has 42 heavy (non-hydrogen) atoms. The van der Waals surface area contributed by atoms with Crippen LogP contribution in [0.5, 0.6) is 0 Å². The van der Waals surface area contributed by atoms with Crippen molar-refractivity contribution in [2.45, 2.75) is 43.0 Å². The van der Waals surface area contributed by atoms with Crippen LogP contribution in [0.1, 0.15) is 47.9 Å². The van der Waals surface area contributed by atoms with Gasteiger partial charge in [-0.1, -0.05) is 44.2 Å². The lowest BCUT2D eigenvalue weighted by Gasteiger charge is -2.19. The molecule has 13 heteroatoms. The third-order valence-electron chi connectivity index (χ3n) is 5.97. The van der Waals surface area contributed by atoms with Gasteiger partial charge in [0.2, 0.25) is 5.91 Å². The predicted molar refractivity (Wildman–Crippen MR) is 161 cm³/mol. The molecule has 0 saturated carbocycles. The minimum absolute atomic E-state index is 0.0428. The van der Waals surface area contributed by atoms with Gasteiger partial charge in [0.15, 0.2) is 5.78 Å². The number of nitrogens with one attached hydrogen (secondary N) is 3. The number of nitro groups is 1. The normalized spacial score (nSPS) is 11.9. The van der Waals surface area contributed by atoms with Gasteiger partial charge in [-0.15, -0.1) is 11.8 Å². The van der Waals surface area contributed by atoms with E-state index in [4.69, 9.17) is 0 Å². The Hall–Kier alpha value is -4.23. The van der Waals surface area contributed by atoms with Crippen LogP contribution in [0, 0.1) is 16.0 Å². The van der Waals surface area contributed by atoms with Gasteiger partial charge in [-0.05, 0) is 48.7 Å². The standard InChI is InChI=1S/C29H32N4O7S2/c1-19(2)17-26(31-20(3)34)28(35)21-9-11-22(12-10-21)29(36)32-42(39,40)24-13-14-25(27(18-24)33(37)38)30-15-16-41-23-7-5-4-6-8-23/h4-14,18-19,26,30H,15-17H2,1-3H3,(H,31,34)(H,32,36)/t26-/m0/s1. The van der Waals surface area contributed by atoms with Crippen LogP contribution in [0.2, 0.25) is 0 Å². The summed E-state index contributed by atoms with van der Waals surface area (Å²) in [5.74, 6) is -0.898. The van der Waals surface area contributed by atoms with Crippen LogP contribution in [-0.4, -0.2) is 49.3 Å². The number of nitro benzene ring substituents is 1. The molecule has 0 aromatic heterocycles. The number of hydrogen-bond donors (Lipinski definition) is 3. The van der Waals surface area contributed by atoms with Gasteiger partial charge in [-0.2, -0.15) is 0 Å². The van der Waals surface area contributed by atoms with E-state index in [1.54, 1.807) is 11.8 Å². The Kier molecular flexibility index (Phi) is 11.2. The topological polar surface area (TPSA) is 165 Å². The highest BCUT2D eigenvalue weighted by atomic mass is 32.2. The highest BCUT2D eigenvalue weighted by Crippen LogP contribution is 2.28. The Balaban J connectivity index is 1.68. The number of amides is 2. The minimum atomic E-state index is -4.46. The molecule has 0 radical (unpaired) electrons. The maximum Gasteiger partial charge on any atom is 0.293 e. The third-order valence-corrected chi connectivity index (χ3v) is 8.31.